The number of H-pyrrole nitrogens is 1. The lowest BCUT2D eigenvalue weighted by Gasteiger charge is -2.32. The van der Waals surface area contributed by atoms with Gasteiger partial charge in [-0.15, -0.1) is 0 Å². The third kappa shape index (κ3) is 4.33. The van der Waals surface area contributed by atoms with E-state index in [0.29, 0.717) is 34.9 Å². The molecule has 0 atom stereocenters. The minimum Gasteiger partial charge on any atom is -0.491 e. The highest BCUT2D eigenvalue weighted by Crippen LogP contribution is 2.39. The molecule has 5 rings (SSSR count). The summed E-state index contributed by atoms with van der Waals surface area (Å²) in [6.45, 7) is 5.68. The second-order valence-electron chi connectivity index (χ2n) is 8.44. The van der Waals surface area contributed by atoms with Crippen LogP contribution in [0.4, 0.5) is 11.4 Å². The smallest absolute Gasteiger partial charge is 0.187 e. The number of methoxy groups -OCH3 is 1. The van der Waals surface area contributed by atoms with Gasteiger partial charge in [0.15, 0.2) is 11.5 Å². The molecule has 34 heavy (non-hydrogen) atoms. The van der Waals surface area contributed by atoms with E-state index in [1.165, 1.54) is 0 Å². The van der Waals surface area contributed by atoms with E-state index in [1.54, 1.807) is 19.5 Å². The summed E-state index contributed by atoms with van der Waals surface area (Å²) in [5, 5.41) is 22.0. The molecule has 3 heterocycles. The summed E-state index contributed by atoms with van der Waals surface area (Å²) < 4.78 is 11.8. The Morgan fingerprint density at radius 2 is 2.00 bits per heavy atom. The van der Waals surface area contributed by atoms with Gasteiger partial charge < -0.3 is 19.7 Å². The quantitative estimate of drug-likeness (QED) is 0.436. The summed E-state index contributed by atoms with van der Waals surface area (Å²) in [5.74, 6) is 1.21. The molecular formula is C25H27N7O2. The standard InChI is InChI=1S/C25H27N7O2/c1-31-7-9-32(10-8-31)11-12-34-22-6-5-20-23(18(14-26)15-27-24(20)25(22)33-2)29-19-4-3-17-16-28-30-21(17)13-19/h3-6,13,15-16H,7-12H2,1-2H3,(H,27,29)(H,28,30). The van der Waals surface area contributed by atoms with Crippen molar-refractivity contribution < 1.29 is 9.47 Å². The molecule has 0 unspecified atom stereocenters. The van der Waals surface area contributed by atoms with Gasteiger partial charge in [-0.2, -0.15) is 10.4 Å². The number of aromatic amines is 1. The number of fused-ring (bicyclic) bond motifs is 2. The maximum absolute atomic E-state index is 9.72. The molecule has 4 aromatic rings. The van der Waals surface area contributed by atoms with Crippen molar-refractivity contribution in [1.29, 1.82) is 5.26 Å². The van der Waals surface area contributed by atoms with Crippen molar-refractivity contribution in [2.45, 2.75) is 0 Å². The van der Waals surface area contributed by atoms with Gasteiger partial charge >= 0.3 is 0 Å². The molecule has 9 heteroatoms. The van der Waals surface area contributed by atoms with Crippen LogP contribution in [0.2, 0.25) is 0 Å². The summed E-state index contributed by atoms with van der Waals surface area (Å²) >= 11 is 0. The first-order valence-electron chi connectivity index (χ1n) is 11.3. The molecule has 1 aliphatic rings. The Morgan fingerprint density at radius 3 is 2.79 bits per heavy atom. The van der Waals surface area contributed by atoms with Crippen LogP contribution < -0.4 is 14.8 Å². The zero-order valence-corrected chi connectivity index (χ0v) is 19.3. The predicted octanol–water partition coefficient (Wildman–Crippen LogP) is 3.36. The Bertz CT molecular complexity index is 1350. The van der Waals surface area contributed by atoms with Crippen molar-refractivity contribution in [2.75, 3.05) is 58.8 Å². The highest BCUT2D eigenvalue weighted by atomic mass is 16.5. The van der Waals surface area contributed by atoms with Gasteiger partial charge in [-0.3, -0.25) is 15.0 Å². The zero-order valence-electron chi connectivity index (χ0n) is 19.3. The third-order valence-corrected chi connectivity index (χ3v) is 6.25. The van der Waals surface area contributed by atoms with Gasteiger partial charge in [0, 0.05) is 55.4 Å². The molecule has 2 N–H and O–H groups in total. The molecule has 0 saturated carbocycles. The van der Waals surface area contributed by atoms with Gasteiger partial charge in [0.05, 0.1) is 30.1 Å². The number of hydrogen-bond donors (Lipinski definition) is 2. The Morgan fingerprint density at radius 1 is 1.15 bits per heavy atom. The zero-order chi connectivity index (χ0) is 23.5. The number of aromatic nitrogens is 3. The summed E-state index contributed by atoms with van der Waals surface area (Å²) in [5.41, 5.74) is 3.52. The average Bonchev–Trinajstić information content (AvgIpc) is 3.33. The lowest BCUT2D eigenvalue weighted by molar-refractivity contribution is 0.133. The fourth-order valence-corrected chi connectivity index (χ4v) is 4.27. The first kappa shape index (κ1) is 21.9. The molecule has 1 saturated heterocycles. The van der Waals surface area contributed by atoms with Gasteiger partial charge in [-0.05, 0) is 37.4 Å². The highest BCUT2D eigenvalue weighted by Gasteiger charge is 2.18. The van der Waals surface area contributed by atoms with Crippen molar-refractivity contribution in [3.63, 3.8) is 0 Å². The number of ether oxygens (including phenoxy) is 2. The van der Waals surface area contributed by atoms with E-state index >= 15 is 0 Å². The molecule has 0 spiro atoms. The number of piperazine rings is 1. The van der Waals surface area contributed by atoms with Crippen LogP contribution in [0, 0.1) is 11.3 Å². The van der Waals surface area contributed by atoms with E-state index in [4.69, 9.17) is 9.47 Å². The lowest BCUT2D eigenvalue weighted by Crippen LogP contribution is -2.45. The minimum atomic E-state index is 0.447. The fraction of sp³-hybridized carbons (Fsp3) is 0.320. The highest BCUT2D eigenvalue weighted by molar-refractivity contribution is 6.00. The molecule has 174 valence electrons. The molecule has 1 aliphatic heterocycles. The molecular weight excluding hydrogens is 430 g/mol. The molecule has 0 bridgehead atoms. The SMILES string of the molecule is COc1c(OCCN2CCN(C)CC2)ccc2c(Nc3ccc4cn[nH]c4c3)c(C#N)cnc12. The Balaban J connectivity index is 1.42. The number of pyridine rings is 1. The van der Waals surface area contributed by atoms with Crippen LogP contribution in [0.1, 0.15) is 5.56 Å². The molecule has 9 nitrogen and oxygen atoms in total. The van der Waals surface area contributed by atoms with Crippen molar-refractivity contribution in [1.82, 2.24) is 25.0 Å². The average molecular weight is 458 g/mol. The van der Waals surface area contributed by atoms with E-state index in [9.17, 15) is 5.26 Å². The van der Waals surface area contributed by atoms with Gasteiger partial charge in [0.2, 0.25) is 0 Å². The number of anilines is 2. The fourth-order valence-electron chi connectivity index (χ4n) is 4.27. The number of nitriles is 1. The van der Waals surface area contributed by atoms with E-state index in [2.05, 4.69) is 43.4 Å². The molecule has 2 aromatic carbocycles. The maximum Gasteiger partial charge on any atom is 0.187 e. The predicted molar refractivity (Wildman–Crippen MR) is 132 cm³/mol. The van der Waals surface area contributed by atoms with E-state index in [-0.39, 0.29) is 0 Å². The van der Waals surface area contributed by atoms with Crippen molar-refractivity contribution in [2.24, 2.45) is 0 Å². The van der Waals surface area contributed by atoms with E-state index < -0.39 is 0 Å². The number of benzene rings is 2. The molecule has 0 aliphatic carbocycles. The van der Waals surface area contributed by atoms with Gasteiger partial charge in [0.25, 0.3) is 0 Å². The van der Waals surface area contributed by atoms with Crippen molar-refractivity contribution >= 4 is 33.2 Å². The van der Waals surface area contributed by atoms with Crippen LogP contribution in [-0.4, -0.2) is 78.5 Å². The van der Waals surface area contributed by atoms with Gasteiger partial charge in [0.1, 0.15) is 18.2 Å². The second-order valence-corrected chi connectivity index (χ2v) is 8.44. The Labute approximate surface area is 197 Å². The van der Waals surface area contributed by atoms with Crippen molar-refractivity contribution in [3.8, 4) is 17.6 Å². The van der Waals surface area contributed by atoms with Crippen LogP contribution >= 0.6 is 0 Å². The lowest BCUT2D eigenvalue weighted by atomic mass is 10.1. The number of hydrogen-bond acceptors (Lipinski definition) is 8. The number of nitrogens with one attached hydrogen (secondary N) is 2. The summed E-state index contributed by atoms with van der Waals surface area (Å²) in [6.07, 6.45) is 3.34. The number of rotatable bonds is 7. The Kier molecular flexibility index (Phi) is 6.16. The summed E-state index contributed by atoms with van der Waals surface area (Å²) in [4.78, 5) is 9.28. The van der Waals surface area contributed by atoms with E-state index in [1.807, 2.05) is 30.3 Å². The molecule has 1 fully saturated rings. The molecule has 2 aromatic heterocycles. The minimum absolute atomic E-state index is 0.447. The number of likely N-dealkylation sites (N-methyl/N-ethyl adjacent to an activating group) is 1. The van der Waals surface area contributed by atoms with Crippen LogP contribution in [0.3, 0.4) is 0 Å². The largest absolute Gasteiger partial charge is 0.491 e. The topological polar surface area (TPSA) is 102 Å². The summed E-state index contributed by atoms with van der Waals surface area (Å²) in [7, 11) is 3.76. The van der Waals surface area contributed by atoms with Crippen LogP contribution in [0.15, 0.2) is 42.7 Å². The monoisotopic (exact) mass is 457 g/mol. The maximum atomic E-state index is 9.72. The van der Waals surface area contributed by atoms with Gasteiger partial charge in [-0.25, -0.2) is 0 Å². The van der Waals surface area contributed by atoms with Crippen molar-refractivity contribution in [3.05, 3.63) is 48.3 Å². The van der Waals surface area contributed by atoms with Gasteiger partial charge in [-0.1, -0.05) is 0 Å². The van der Waals surface area contributed by atoms with Crippen LogP contribution in [-0.2, 0) is 0 Å². The molecule has 0 amide bonds. The first-order chi connectivity index (χ1) is 16.7. The summed E-state index contributed by atoms with van der Waals surface area (Å²) in [6, 6.07) is 11.9. The Hall–Kier alpha value is -3.87. The molecule has 0 radical (unpaired) electrons. The second kappa shape index (κ2) is 9.55. The number of nitrogens with zero attached hydrogens (tertiary/aromatic N) is 5. The van der Waals surface area contributed by atoms with E-state index in [0.717, 1.165) is 54.7 Å². The first-order valence-corrected chi connectivity index (χ1v) is 11.3. The van der Waals surface area contributed by atoms with Crippen LogP contribution in [0.5, 0.6) is 11.5 Å². The third-order valence-electron chi connectivity index (χ3n) is 6.25. The normalized spacial score (nSPS) is 14.9. The van der Waals surface area contributed by atoms with Crippen LogP contribution in [0.25, 0.3) is 21.8 Å².